The number of rotatable bonds is 6. The monoisotopic (exact) mass is 351 g/mol. The van der Waals surface area contributed by atoms with Gasteiger partial charge in [0, 0.05) is 5.69 Å². The van der Waals surface area contributed by atoms with Gasteiger partial charge in [0.05, 0.1) is 18.2 Å². The van der Waals surface area contributed by atoms with Gasteiger partial charge in [-0.2, -0.15) is 0 Å². The first-order valence-corrected chi connectivity index (χ1v) is 9.08. The number of carbonyl (C=O) groups is 2. The van der Waals surface area contributed by atoms with E-state index < -0.39 is 5.91 Å². The third kappa shape index (κ3) is 4.23. The number of hydrogen-bond donors (Lipinski definition) is 3. The lowest BCUT2D eigenvalue weighted by molar-refractivity contribution is -0.120. The molecule has 0 saturated carbocycles. The molecule has 0 aliphatic heterocycles. The quantitative estimate of drug-likeness (QED) is 0.748. The molecule has 4 N–H and O–H groups in total. The fraction of sp³-hybridized carbons (Fsp3) is 0.333. The summed E-state index contributed by atoms with van der Waals surface area (Å²) in [5.74, 6) is -0.648. The number of primary amides is 1. The zero-order valence-electron chi connectivity index (χ0n) is 15.0. The SMILES string of the molecule is C[C@@H](NC(=O)CNc1ccccc1C(N)=O)c1ccc2c(c1)CCCC2. The summed E-state index contributed by atoms with van der Waals surface area (Å²) >= 11 is 0. The summed E-state index contributed by atoms with van der Waals surface area (Å²) in [6.45, 7) is 2.07. The van der Waals surface area contributed by atoms with Crippen LogP contribution in [-0.2, 0) is 17.6 Å². The van der Waals surface area contributed by atoms with E-state index in [9.17, 15) is 9.59 Å². The second-order valence-electron chi connectivity index (χ2n) is 6.79. The number of nitrogens with two attached hydrogens (primary N) is 1. The van der Waals surface area contributed by atoms with Crippen LogP contribution in [0, 0.1) is 0 Å². The number of nitrogens with one attached hydrogen (secondary N) is 2. The molecule has 0 aromatic heterocycles. The van der Waals surface area contributed by atoms with Crippen LogP contribution in [0.2, 0.25) is 0 Å². The zero-order chi connectivity index (χ0) is 18.5. The Morgan fingerprint density at radius 1 is 1.08 bits per heavy atom. The van der Waals surface area contributed by atoms with Gasteiger partial charge in [-0.3, -0.25) is 9.59 Å². The van der Waals surface area contributed by atoms with Gasteiger partial charge in [0.15, 0.2) is 0 Å². The summed E-state index contributed by atoms with van der Waals surface area (Å²) < 4.78 is 0. The van der Waals surface area contributed by atoms with Crippen LogP contribution in [0.4, 0.5) is 5.69 Å². The molecule has 2 aromatic carbocycles. The van der Waals surface area contributed by atoms with E-state index in [0.717, 1.165) is 18.4 Å². The molecule has 26 heavy (non-hydrogen) atoms. The van der Waals surface area contributed by atoms with E-state index in [1.165, 1.54) is 24.0 Å². The van der Waals surface area contributed by atoms with Gasteiger partial charge in [-0.05, 0) is 61.4 Å². The van der Waals surface area contributed by atoms with Gasteiger partial charge in [0.1, 0.15) is 0 Å². The molecule has 5 nitrogen and oxygen atoms in total. The molecule has 1 aliphatic carbocycles. The van der Waals surface area contributed by atoms with E-state index in [1.807, 2.05) is 6.92 Å². The molecule has 0 fully saturated rings. The number of benzene rings is 2. The molecule has 0 spiro atoms. The minimum atomic E-state index is -0.518. The number of fused-ring (bicyclic) bond motifs is 1. The predicted molar refractivity (Wildman–Crippen MR) is 103 cm³/mol. The molecule has 3 rings (SSSR count). The summed E-state index contributed by atoms with van der Waals surface area (Å²) in [7, 11) is 0. The Balaban J connectivity index is 1.59. The molecule has 1 aliphatic rings. The van der Waals surface area contributed by atoms with E-state index in [2.05, 4.69) is 28.8 Å². The first-order valence-electron chi connectivity index (χ1n) is 9.08. The molecule has 0 bridgehead atoms. The van der Waals surface area contributed by atoms with Crippen molar-refractivity contribution in [3.05, 3.63) is 64.7 Å². The minimum Gasteiger partial charge on any atom is -0.376 e. The Morgan fingerprint density at radius 2 is 1.81 bits per heavy atom. The minimum absolute atomic E-state index is 0.0667. The largest absolute Gasteiger partial charge is 0.376 e. The van der Waals surface area contributed by atoms with Gasteiger partial charge in [0.2, 0.25) is 5.91 Å². The van der Waals surface area contributed by atoms with Crippen molar-refractivity contribution in [3.8, 4) is 0 Å². The van der Waals surface area contributed by atoms with Gasteiger partial charge in [-0.25, -0.2) is 0 Å². The van der Waals surface area contributed by atoms with Crippen LogP contribution in [-0.4, -0.2) is 18.4 Å². The highest BCUT2D eigenvalue weighted by molar-refractivity contribution is 5.99. The maximum Gasteiger partial charge on any atom is 0.250 e. The van der Waals surface area contributed by atoms with Crippen molar-refractivity contribution in [3.63, 3.8) is 0 Å². The average Bonchev–Trinajstić information content (AvgIpc) is 2.66. The van der Waals surface area contributed by atoms with Gasteiger partial charge in [-0.1, -0.05) is 30.3 Å². The Morgan fingerprint density at radius 3 is 2.58 bits per heavy atom. The number of hydrogen-bond acceptors (Lipinski definition) is 3. The number of para-hydroxylation sites is 1. The third-order valence-corrected chi connectivity index (χ3v) is 4.88. The van der Waals surface area contributed by atoms with Crippen molar-refractivity contribution in [2.24, 2.45) is 5.73 Å². The number of anilines is 1. The van der Waals surface area contributed by atoms with Crippen LogP contribution in [0.25, 0.3) is 0 Å². The van der Waals surface area contributed by atoms with Crippen molar-refractivity contribution in [2.45, 2.75) is 38.6 Å². The third-order valence-electron chi connectivity index (χ3n) is 4.88. The van der Waals surface area contributed by atoms with E-state index in [-0.39, 0.29) is 18.5 Å². The maximum atomic E-state index is 12.3. The van der Waals surface area contributed by atoms with E-state index in [4.69, 9.17) is 5.73 Å². The molecule has 0 radical (unpaired) electrons. The summed E-state index contributed by atoms with van der Waals surface area (Å²) in [6, 6.07) is 13.3. The van der Waals surface area contributed by atoms with E-state index in [1.54, 1.807) is 24.3 Å². The highest BCUT2D eigenvalue weighted by atomic mass is 16.2. The zero-order valence-corrected chi connectivity index (χ0v) is 15.0. The predicted octanol–water partition coefficient (Wildman–Crippen LogP) is 2.95. The Hall–Kier alpha value is -2.82. The molecule has 136 valence electrons. The lowest BCUT2D eigenvalue weighted by Gasteiger charge is -2.20. The lowest BCUT2D eigenvalue weighted by atomic mass is 9.89. The van der Waals surface area contributed by atoms with Crippen molar-refractivity contribution in [1.29, 1.82) is 0 Å². The van der Waals surface area contributed by atoms with Gasteiger partial charge in [0.25, 0.3) is 5.91 Å². The summed E-state index contributed by atoms with van der Waals surface area (Å²) in [6.07, 6.45) is 4.77. The standard InChI is InChI=1S/C21H25N3O2/c1-14(16-11-10-15-6-2-3-7-17(15)12-16)24-20(25)13-23-19-9-5-4-8-18(19)21(22)26/h4-5,8-12,14,23H,2-3,6-7,13H2,1H3,(H2,22,26)(H,24,25)/t14-/m1/s1. The first kappa shape index (κ1) is 18.0. The Bertz CT molecular complexity index is 817. The Kier molecular flexibility index (Phi) is 5.56. The molecule has 0 heterocycles. The number of aryl methyl sites for hydroxylation is 2. The van der Waals surface area contributed by atoms with Crippen molar-refractivity contribution >= 4 is 17.5 Å². The molecule has 0 unspecified atom stereocenters. The van der Waals surface area contributed by atoms with Crippen molar-refractivity contribution in [2.75, 3.05) is 11.9 Å². The first-order chi connectivity index (χ1) is 12.5. The maximum absolute atomic E-state index is 12.3. The van der Waals surface area contributed by atoms with E-state index >= 15 is 0 Å². The fourth-order valence-electron chi connectivity index (χ4n) is 3.43. The van der Waals surface area contributed by atoms with Gasteiger partial charge < -0.3 is 16.4 Å². The van der Waals surface area contributed by atoms with Crippen LogP contribution in [0.3, 0.4) is 0 Å². The highest BCUT2D eigenvalue weighted by Crippen LogP contribution is 2.24. The number of carbonyl (C=O) groups excluding carboxylic acids is 2. The molecule has 2 aromatic rings. The lowest BCUT2D eigenvalue weighted by Crippen LogP contribution is -2.32. The molecular weight excluding hydrogens is 326 g/mol. The molecule has 0 saturated heterocycles. The molecule has 5 heteroatoms. The Labute approximate surface area is 154 Å². The second-order valence-corrected chi connectivity index (χ2v) is 6.79. The van der Waals surface area contributed by atoms with Crippen LogP contribution < -0.4 is 16.4 Å². The van der Waals surface area contributed by atoms with Crippen LogP contribution in [0.15, 0.2) is 42.5 Å². The van der Waals surface area contributed by atoms with Crippen LogP contribution in [0.1, 0.15) is 52.9 Å². The van der Waals surface area contributed by atoms with Crippen LogP contribution >= 0.6 is 0 Å². The van der Waals surface area contributed by atoms with Crippen LogP contribution in [0.5, 0.6) is 0 Å². The molecule has 2 amide bonds. The highest BCUT2D eigenvalue weighted by Gasteiger charge is 2.14. The normalized spacial score (nSPS) is 14.2. The second kappa shape index (κ2) is 8.04. The van der Waals surface area contributed by atoms with E-state index in [0.29, 0.717) is 11.3 Å². The van der Waals surface area contributed by atoms with Gasteiger partial charge in [-0.15, -0.1) is 0 Å². The van der Waals surface area contributed by atoms with Crippen molar-refractivity contribution in [1.82, 2.24) is 5.32 Å². The summed E-state index contributed by atoms with van der Waals surface area (Å²) in [5.41, 5.74) is 10.3. The molecular formula is C21H25N3O2. The summed E-state index contributed by atoms with van der Waals surface area (Å²) in [5, 5.41) is 5.99. The molecule has 1 atom stereocenters. The van der Waals surface area contributed by atoms with Crippen molar-refractivity contribution < 1.29 is 9.59 Å². The smallest absolute Gasteiger partial charge is 0.250 e. The topological polar surface area (TPSA) is 84.2 Å². The van der Waals surface area contributed by atoms with Gasteiger partial charge >= 0.3 is 0 Å². The fourth-order valence-corrected chi connectivity index (χ4v) is 3.43. The number of amides is 2. The summed E-state index contributed by atoms with van der Waals surface area (Å²) in [4.78, 5) is 23.7. The average molecular weight is 351 g/mol.